The van der Waals surface area contributed by atoms with E-state index in [2.05, 4.69) is 9.71 Å². The number of nitrogens with one attached hydrogen (secondary N) is 2. The third-order valence-corrected chi connectivity index (χ3v) is 5.35. The number of hydrogen-bond donors (Lipinski definition) is 2. The summed E-state index contributed by atoms with van der Waals surface area (Å²) in [4.78, 5) is 14.5. The molecule has 3 aromatic rings. The second kappa shape index (κ2) is 6.72. The van der Waals surface area contributed by atoms with E-state index in [9.17, 15) is 13.2 Å². The predicted molar refractivity (Wildman–Crippen MR) is 99.7 cm³/mol. The molecular weight excluding hydrogens is 356 g/mol. The minimum atomic E-state index is -3.92. The molecule has 0 saturated heterocycles. The van der Waals surface area contributed by atoms with Crippen LogP contribution in [0.1, 0.15) is 5.56 Å². The minimum absolute atomic E-state index is 0.0446. The number of aromatic amines is 1. The van der Waals surface area contributed by atoms with Crippen molar-refractivity contribution in [3.05, 3.63) is 58.4 Å². The van der Waals surface area contributed by atoms with Gasteiger partial charge in [0, 0.05) is 11.6 Å². The van der Waals surface area contributed by atoms with E-state index < -0.39 is 10.0 Å². The van der Waals surface area contributed by atoms with Crippen LogP contribution in [0.3, 0.4) is 0 Å². The van der Waals surface area contributed by atoms with Crippen molar-refractivity contribution in [2.24, 2.45) is 0 Å². The van der Waals surface area contributed by atoms with Gasteiger partial charge in [0.25, 0.3) is 15.6 Å². The van der Waals surface area contributed by atoms with Crippen molar-refractivity contribution >= 4 is 26.6 Å². The van der Waals surface area contributed by atoms with E-state index in [-0.39, 0.29) is 16.2 Å². The van der Waals surface area contributed by atoms with Gasteiger partial charge in [-0.2, -0.15) is 0 Å². The molecule has 0 atom stereocenters. The van der Waals surface area contributed by atoms with Gasteiger partial charge < -0.3 is 14.5 Å². The summed E-state index contributed by atoms with van der Waals surface area (Å²) in [5, 5.41) is 0.809. The Balaban J connectivity index is 2.03. The zero-order chi connectivity index (χ0) is 18.9. The molecule has 7 nitrogen and oxygen atoms in total. The summed E-state index contributed by atoms with van der Waals surface area (Å²) in [5.41, 5.74) is 1.24. The number of H-pyrrole nitrogens is 1. The molecule has 0 radical (unpaired) electrons. The van der Waals surface area contributed by atoms with Gasteiger partial charge in [-0.05, 0) is 42.6 Å². The number of anilines is 1. The van der Waals surface area contributed by atoms with Crippen molar-refractivity contribution in [1.29, 1.82) is 0 Å². The number of sulfonamides is 1. The molecule has 2 N–H and O–H groups in total. The highest BCUT2D eigenvalue weighted by molar-refractivity contribution is 7.92. The number of fused-ring (bicyclic) bond motifs is 1. The molecular formula is C18H18N2O5S. The molecule has 8 heteroatoms. The second-order valence-electron chi connectivity index (χ2n) is 5.71. The van der Waals surface area contributed by atoms with Gasteiger partial charge >= 0.3 is 0 Å². The van der Waals surface area contributed by atoms with E-state index in [4.69, 9.17) is 9.47 Å². The normalized spacial score (nSPS) is 11.3. The van der Waals surface area contributed by atoms with Gasteiger partial charge in [-0.25, -0.2) is 8.42 Å². The largest absolute Gasteiger partial charge is 0.497 e. The summed E-state index contributed by atoms with van der Waals surface area (Å²) < 4.78 is 38.3. The van der Waals surface area contributed by atoms with Gasteiger partial charge in [0.1, 0.15) is 16.4 Å². The molecule has 26 heavy (non-hydrogen) atoms. The maximum Gasteiger partial charge on any atom is 0.265 e. The molecule has 0 unspecified atom stereocenters. The van der Waals surface area contributed by atoms with Crippen LogP contribution >= 0.6 is 0 Å². The number of ether oxygens (including phenoxy) is 2. The van der Waals surface area contributed by atoms with Gasteiger partial charge in [-0.3, -0.25) is 9.52 Å². The van der Waals surface area contributed by atoms with E-state index in [0.29, 0.717) is 22.5 Å². The Morgan fingerprint density at radius 2 is 1.77 bits per heavy atom. The lowest BCUT2D eigenvalue weighted by Gasteiger charge is -2.13. The fourth-order valence-electron chi connectivity index (χ4n) is 2.58. The van der Waals surface area contributed by atoms with Gasteiger partial charge in [-0.15, -0.1) is 0 Å². The maximum absolute atomic E-state index is 12.8. The monoisotopic (exact) mass is 374 g/mol. The zero-order valence-electron chi connectivity index (χ0n) is 14.5. The summed E-state index contributed by atoms with van der Waals surface area (Å²) in [6, 6.07) is 11.2. The number of aromatic nitrogens is 1. The SMILES string of the molecule is COc1ccc(OC)c(S(=O)(=O)Nc2ccc3cc(C)c(=O)[nH]c3c2)c1. The highest BCUT2D eigenvalue weighted by atomic mass is 32.2. The first kappa shape index (κ1) is 17.8. The van der Waals surface area contributed by atoms with E-state index in [1.807, 2.05) is 0 Å². The molecule has 3 rings (SSSR count). The van der Waals surface area contributed by atoms with Crippen LogP contribution in [-0.2, 0) is 10.0 Å². The molecule has 0 spiro atoms. The topological polar surface area (TPSA) is 97.5 Å². The van der Waals surface area contributed by atoms with E-state index >= 15 is 0 Å². The Labute approximate surface area is 150 Å². The number of hydrogen-bond acceptors (Lipinski definition) is 5. The fourth-order valence-corrected chi connectivity index (χ4v) is 3.81. The van der Waals surface area contributed by atoms with Crippen molar-refractivity contribution in [2.75, 3.05) is 18.9 Å². The van der Waals surface area contributed by atoms with Crippen LogP contribution in [-0.4, -0.2) is 27.6 Å². The first-order chi connectivity index (χ1) is 12.3. The number of aryl methyl sites for hydroxylation is 1. The first-order valence-corrected chi connectivity index (χ1v) is 9.21. The van der Waals surface area contributed by atoms with Crippen LogP contribution in [0, 0.1) is 6.92 Å². The van der Waals surface area contributed by atoms with Crippen molar-refractivity contribution in [3.63, 3.8) is 0 Å². The fraction of sp³-hybridized carbons (Fsp3) is 0.167. The lowest BCUT2D eigenvalue weighted by atomic mass is 10.1. The van der Waals surface area contributed by atoms with Crippen LogP contribution in [0.25, 0.3) is 10.9 Å². The molecule has 0 aliphatic rings. The minimum Gasteiger partial charge on any atom is -0.497 e. The van der Waals surface area contributed by atoms with Crippen molar-refractivity contribution in [1.82, 2.24) is 4.98 Å². The Kier molecular flexibility index (Phi) is 4.60. The molecule has 0 saturated carbocycles. The molecule has 0 aliphatic heterocycles. The predicted octanol–water partition coefficient (Wildman–Crippen LogP) is 2.65. The number of methoxy groups -OCH3 is 2. The lowest BCUT2D eigenvalue weighted by molar-refractivity contribution is 0.392. The summed E-state index contributed by atoms with van der Waals surface area (Å²) in [6.45, 7) is 1.71. The van der Waals surface area contributed by atoms with E-state index in [1.54, 1.807) is 37.3 Å². The van der Waals surface area contributed by atoms with Gasteiger partial charge in [0.2, 0.25) is 0 Å². The zero-order valence-corrected chi connectivity index (χ0v) is 15.3. The van der Waals surface area contributed by atoms with Crippen LogP contribution in [0.5, 0.6) is 11.5 Å². The molecule has 2 aromatic carbocycles. The van der Waals surface area contributed by atoms with Crippen LogP contribution < -0.4 is 19.8 Å². The molecule has 0 amide bonds. The quantitative estimate of drug-likeness (QED) is 0.715. The third kappa shape index (κ3) is 3.36. The summed E-state index contributed by atoms with van der Waals surface area (Å²) >= 11 is 0. The average molecular weight is 374 g/mol. The summed E-state index contributed by atoms with van der Waals surface area (Å²) in [7, 11) is -1.08. The molecule has 136 valence electrons. The Morgan fingerprint density at radius 3 is 2.46 bits per heavy atom. The second-order valence-corrected chi connectivity index (χ2v) is 7.36. The Morgan fingerprint density at radius 1 is 1.00 bits per heavy atom. The van der Waals surface area contributed by atoms with Crippen molar-refractivity contribution < 1.29 is 17.9 Å². The Bertz CT molecular complexity index is 1140. The highest BCUT2D eigenvalue weighted by Crippen LogP contribution is 2.30. The standard InChI is InChI=1S/C18H18N2O5S/c1-11-8-12-4-5-13(9-15(12)19-18(11)21)20-26(22,23)17-10-14(24-2)6-7-16(17)25-3/h4-10,20H,1-3H3,(H,19,21). The van der Waals surface area contributed by atoms with Gasteiger partial charge in [0.15, 0.2) is 0 Å². The Hall–Kier alpha value is -3.00. The van der Waals surface area contributed by atoms with Crippen molar-refractivity contribution in [3.8, 4) is 11.5 Å². The summed E-state index contributed by atoms with van der Waals surface area (Å²) in [5.74, 6) is 0.590. The highest BCUT2D eigenvalue weighted by Gasteiger charge is 2.21. The molecule has 0 fully saturated rings. The smallest absolute Gasteiger partial charge is 0.265 e. The molecule has 1 aromatic heterocycles. The van der Waals surface area contributed by atoms with E-state index in [0.717, 1.165) is 5.39 Å². The van der Waals surface area contributed by atoms with Gasteiger partial charge in [-0.1, -0.05) is 6.07 Å². The number of benzene rings is 2. The first-order valence-electron chi connectivity index (χ1n) is 7.72. The van der Waals surface area contributed by atoms with Crippen LogP contribution in [0.15, 0.2) is 52.2 Å². The number of rotatable bonds is 5. The maximum atomic E-state index is 12.8. The van der Waals surface area contributed by atoms with Gasteiger partial charge in [0.05, 0.1) is 25.4 Å². The van der Waals surface area contributed by atoms with Crippen molar-refractivity contribution in [2.45, 2.75) is 11.8 Å². The number of pyridine rings is 1. The molecule has 1 heterocycles. The van der Waals surface area contributed by atoms with Crippen LogP contribution in [0.2, 0.25) is 0 Å². The van der Waals surface area contributed by atoms with E-state index in [1.165, 1.54) is 26.4 Å². The third-order valence-electron chi connectivity index (χ3n) is 3.94. The molecule has 0 bridgehead atoms. The lowest BCUT2D eigenvalue weighted by Crippen LogP contribution is -2.14. The summed E-state index contributed by atoms with van der Waals surface area (Å²) in [6.07, 6.45) is 0. The van der Waals surface area contributed by atoms with Crippen LogP contribution in [0.4, 0.5) is 5.69 Å². The molecule has 0 aliphatic carbocycles. The average Bonchev–Trinajstić information content (AvgIpc) is 2.62.